The third-order valence-corrected chi connectivity index (χ3v) is 6.35. The van der Waals surface area contributed by atoms with E-state index in [1.54, 1.807) is 30.3 Å². The Balaban J connectivity index is 1.48. The molecule has 3 heterocycles. The number of aliphatic hydroxyl groups is 2. The van der Waals surface area contributed by atoms with E-state index in [0.717, 1.165) is 5.56 Å². The molecule has 1 aliphatic heterocycles. The number of aromatic nitrogens is 3. The number of nitriles is 1. The standard InChI is InChI=1S/C27H22ClN7O3/c28-21-9-5-4-8-20(21)27(15-29)10-11-35(16-31-27)26(38)22-12-19-24(30-13-18(37)14-36)33-23(34-25(19)32-22)17-6-2-1-3-7-17/h1-12,16,18,36-37H,13-14H2,(H2,30,32,33,34)/t18?,27-/m1/s1. The average Bonchev–Trinajstić information content (AvgIpc) is 3.40. The number of halogens is 1. The lowest BCUT2D eigenvalue weighted by Crippen LogP contribution is -2.32. The summed E-state index contributed by atoms with van der Waals surface area (Å²) in [6.07, 6.45) is 3.29. The number of nitrogens with zero attached hydrogens (tertiary/aromatic N) is 5. The molecule has 0 bridgehead atoms. The van der Waals surface area contributed by atoms with Gasteiger partial charge in [-0.3, -0.25) is 9.69 Å². The van der Waals surface area contributed by atoms with Crippen LogP contribution in [-0.4, -0.2) is 61.6 Å². The zero-order chi connectivity index (χ0) is 26.7. The molecule has 2 atom stereocenters. The van der Waals surface area contributed by atoms with Crippen molar-refractivity contribution in [1.29, 1.82) is 5.26 Å². The van der Waals surface area contributed by atoms with E-state index in [1.165, 1.54) is 23.5 Å². The summed E-state index contributed by atoms with van der Waals surface area (Å²) in [5.41, 5.74) is 0.545. The van der Waals surface area contributed by atoms with Crippen LogP contribution in [0.1, 0.15) is 16.1 Å². The molecule has 0 spiro atoms. The maximum absolute atomic E-state index is 13.4. The van der Waals surface area contributed by atoms with Gasteiger partial charge in [0.15, 0.2) is 11.4 Å². The smallest absolute Gasteiger partial charge is 0.279 e. The van der Waals surface area contributed by atoms with Gasteiger partial charge in [0.2, 0.25) is 0 Å². The Kier molecular flexibility index (Phi) is 6.89. The molecular weight excluding hydrogens is 506 g/mol. The summed E-state index contributed by atoms with van der Waals surface area (Å²) in [6.45, 7) is -0.367. The molecule has 1 aliphatic rings. The number of rotatable bonds is 7. The number of nitrogens with one attached hydrogen (secondary N) is 2. The predicted octanol–water partition coefficient (Wildman–Crippen LogP) is 3.46. The summed E-state index contributed by atoms with van der Waals surface area (Å²) in [5, 5.41) is 32.8. The van der Waals surface area contributed by atoms with E-state index in [2.05, 4.69) is 31.3 Å². The third kappa shape index (κ3) is 4.73. The summed E-state index contributed by atoms with van der Waals surface area (Å²) in [6, 6.07) is 20.0. The van der Waals surface area contributed by atoms with Crippen molar-refractivity contribution in [2.45, 2.75) is 11.6 Å². The van der Waals surface area contributed by atoms with Crippen LogP contribution in [0, 0.1) is 11.3 Å². The van der Waals surface area contributed by atoms with Gasteiger partial charge < -0.3 is 20.5 Å². The first kappa shape index (κ1) is 25.1. The Labute approximate surface area is 222 Å². The van der Waals surface area contributed by atoms with Gasteiger partial charge >= 0.3 is 0 Å². The van der Waals surface area contributed by atoms with Gasteiger partial charge in [-0.2, -0.15) is 5.26 Å². The van der Waals surface area contributed by atoms with Crippen LogP contribution in [-0.2, 0) is 5.54 Å². The van der Waals surface area contributed by atoms with Crippen LogP contribution in [0.2, 0.25) is 5.02 Å². The SMILES string of the molecule is N#C[C@@]1(c2ccccc2Cl)C=CN(C(=O)c2cc3c(NCC(O)CO)nc(-c4ccccc4)nc3[nH]2)C=N1. The molecule has 4 N–H and O–H groups in total. The fraction of sp³-hybridized carbons (Fsp3) is 0.148. The van der Waals surface area contributed by atoms with Crippen molar-refractivity contribution in [1.82, 2.24) is 19.9 Å². The molecule has 1 unspecified atom stereocenters. The van der Waals surface area contributed by atoms with Crippen molar-refractivity contribution in [3.8, 4) is 17.5 Å². The summed E-state index contributed by atoms with van der Waals surface area (Å²) in [7, 11) is 0. The first-order chi connectivity index (χ1) is 18.4. The molecule has 0 fully saturated rings. The molecule has 2 aromatic heterocycles. The van der Waals surface area contributed by atoms with Crippen molar-refractivity contribution >= 4 is 40.7 Å². The van der Waals surface area contributed by atoms with Crippen molar-refractivity contribution in [3.63, 3.8) is 0 Å². The highest BCUT2D eigenvalue weighted by atomic mass is 35.5. The van der Waals surface area contributed by atoms with E-state index in [0.29, 0.717) is 33.3 Å². The van der Waals surface area contributed by atoms with E-state index in [-0.39, 0.29) is 12.2 Å². The minimum atomic E-state index is -1.35. The number of carbonyl (C=O) groups is 1. The number of fused-ring (bicyclic) bond motifs is 1. The van der Waals surface area contributed by atoms with Crippen LogP contribution in [0.15, 0.2) is 77.9 Å². The number of aromatic amines is 1. The number of carbonyl (C=O) groups excluding carboxylic acids is 1. The summed E-state index contributed by atoms with van der Waals surface area (Å²) < 4.78 is 0. The Hall–Kier alpha value is -4.56. The van der Waals surface area contributed by atoms with E-state index < -0.39 is 24.2 Å². The molecule has 0 aliphatic carbocycles. The molecule has 0 saturated carbocycles. The zero-order valence-corrected chi connectivity index (χ0v) is 20.7. The number of hydrogen-bond acceptors (Lipinski definition) is 8. The highest BCUT2D eigenvalue weighted by Gasteiger charge is 2.34. The topological polar surface area (TPSA) is 151 Å². The Morgan fingerprint density at radius 1 is 1.18 bits per heavy atom. The van der Waals surface area contributed by atoms with Crippen LogP contribution >= 0.6 is 11.6 Å². The lowest BCUT2D eigenvalue weighted by Gasteiger charge is -2.25. The van der Waals surface area contributed by atoms with Gasteiger partial charge in [-0.15, -0.1) is 0 Å². The molecule has 190 valence electrons. The molecule has 5 rings (SSSR count). The first-order valence-electron chi connectivity index (χ1n) is 11.7. The van der Waals surface area contributed by atoms with Gasteiger partial charge in [0.05, 0.1) is 24.4 Å². The summed E-state index contributed by atoms with van der Waals surface area (Å²) in [4.78, 5) is 31.2. The summed E-state index contributed by atoms with van der Waals surface area (Å²) >= 11 is 6.30. The number of benzene rings is 2. The van der Waals surface area contributed by atoms with E-state index >= 15 is 0 Å². The van der Waals surface area contributed by atoms with Crippen LogP contribution in [0.4, 0.5) is 5.82 Å². The lowest BCUT2D eigenvalue weighted by atomic mass is 9.91. The van der Waals surface area contributed by atoms with Gasteiger partial charge in [0.1, 0.15) is 23.2 Å². The molecule has 1 amide bonds. The second-order valence-corrected chi connectivity index (χ2v) is 8.96. The van der Waals surface area contributed by atoms with E-state index in [9.17, 15) is 20.3 Å². The quantitative estimate of drug-likeness (QED) is 0.287. The maximum Gasteiger partial charge on any atom is 0.279 e. The first-order valence-corrected chi connectivity index (χ1v) is 12.0. The highest BCUT2D eigenvalue weighted by Crippen LogP contribution is 2.34. The normalized spacial score (nSPS) is 17.4. The molecule has 10 nitrogen and oxygen atoms in total. The van der Waals surface area contributed by atoms with Crippen molar-refractivity contribution in [2.24, 2.45) is 4.99 Å². The molecular formula is C27H22ClN7O3. The minimum Gasteiger partial charge on any atom is -0.394 e. The molecule has 0 saturated heterocycles. The van der Waals surface area contributed by atoms with Crippen molar-refractivity contribution < 1.29 is 15.0 Å². The second-order valence-electron chi connectivity index (χ2n) is 8.56. The molecule has 2 aromatic carbocycles. The van der Waals surface area contributed by atoms with Gasteiger partial charge in [0.25, 0.3) is 5.91 Å². The van der Waals surface area contributed by atoms with Gasteiger partial charge in [0, 0.05) is 28.9 Å². The largest absolute Gasteiger partial charge is 0.394 e. The number of hydrogen-bond donors (Lipinski definition) is 4. The molecule has 11 heteroatoms. The fourth-order valence-corrected chi connectivity index (χ4v) is 4.27. The van der Waals surface area contributed by atoms with Crippen LogP contribution in [0.25, 0.3) is 22.4 Å². The van der Waals surface area contributed by atoms with E-state index in [4.69, 9.17) is 11.6 Å². The molecule has 0 radical (unpaired) electrons. The second kappa shape index (κ2) is 10.4. The van der Waals surface area contributed by atoms with Crippen LogP contribution in [0.5, 0.6) is 0 Å². The van der Waals surface area contributed by atoms with Crippen molar-refractivity contribution in [2.75, 3.05) is 18.5 Å². The van der Waals surface area contributed by atoms with Crippen LogP contribution in [0.3, 0.4) is 0 Å². The van der Waals surface area contributed by atoms with Gasteiger partial charge in [-0.05, 0) is 18.2 Å². The number of amides is 1. The third-order valence-electron chi connectivity index (χ3n) is 6.02. The summed E-state index contributed by atoms with van der Waals surface area (Å²) in [5.74, 6) is 0.371. The van der Waals surface area contributed by atoms with Crippen molar-refractivity contribution in [3.05, 3.63) is 89.2 Å². The monoisotopic (exact) mass is 527 g/mol. The number of anilines is 1. The number of H-pyrrole nitrogens is 1. The highest BCUT2D eigenvalue weighted by molar-refractivity contribution is 6.31. The number of aliphatic hydroxyl groups excluding tert-OH is 2. The van der Waals surface area contributed by atoms with Gasteiger partial charge in [-0.25, -0.2) is 15.0 Å². The van der Waals surface area contributed by atoms with E-state index in [1.807, 2.05) is 30.3 Å². The zero-order valence-electron chi connectivity index (χ0n) is 19.9. The van der Waals surface area contributed by atoms with Crippen LogP contribution < -0.4 is 5.32 Å². The Morgan fingerprint density at radius 2 is 1.95 bits per heavy atom. The minimum absolute atomic E-state index is 0.0467. The molecule has 38 heavy (non-hydrogen) atoms. The predicted molar refractivity (Wildman–Crippen MR) is 143 cm³/mol. The fourth-order valence-electron chi connectivity index (χ4n) is 3.99. The Bertz CT molecular complexity index is 1580. The average molecular weight is 528 g/mol. The molecule has 4 aromatic rings. The lowest BCUT2D eigenvalue weighted by molar-refractivity contribution is 0.0884. The van der Waals surface area contributed by atoms with Gasteiger partial charge in [-0.1, -0.05) is 60.1 Å². The maximum atomic E-state index is 13.4. The Morgan fingerprint density at radius 3 is 2.63 bits per heavy atom. The number of aliphatic imine (C=N–C) groups is 1.